The molecule has 6 nitrogen and oxygen atoms in total. The molecule has 0 spiro atoms. The second kappa shape index (κ2) is 8.57. The molecule has 0 radical (unpaired) electrons. The Kier molecular flexibility index (Phi) is 6.19. The van der Waals surface area contributed by atoms with Crippen LogP contribution in [0.15, 0.2) is 16.7 Å². The van der Waals surface area contributed by atoms with Crippen LogP contribution in [0.5, 0.6) is 0 Å². The van der Waals surface area contributed by atoms with Crippen LogP contribution in [0.1, 0.15) is 43.8 Å². The van der Waals surface area contributed by atoms with E-state index in [0.717, 1.165) is 32.7 Å². The number of nitrogens with zero attached hydrogens (tertiary/aromatic N) is 4. The molecule has 2 aliphatic rings. The van der Waals surface area contributed by atoms with Crippen molar-refractivity contribution in [3.63, 3.8) is 0 Å². The zero-order valence-corrected chi connectivity index (χ0v) is 14.1. The average molecular weight is 320 g/mol. The Morgan fingerprint density at radius 3 is 2.91 bits per heavy atom. The van der Waals surface area contributed by atoms with Crippen molar-refractivity contribution in [2.75, 3.05) is 33.3 Å². The van der Waals surface area contributed by atoms with Crippen molar-refractivity contribution in [1.82, 2.24) is 19.9 Å². The first-order valence-corrected chi connectivity index (χ1v) is 8.78. The molecule has 0 N–H and O–H groups in total. The zero-order chi connectivity index (χ0) is 15.9. The third kappa shape index (κ3) is 4.86. The largest absolute Gasteiger partial charge is 0.377 e. The van der Waals surface area contributed by atoms with Gasteiger partial charge in [0.1, 0.15) is 6.61 Å². The number of aromatic nitrogens is 2. The van der Waals surface area contributed by atoms with Crippen LogP contribution in [0, 0.1) is 0 Å². The molecule has 1 aromatic heterocycles. The van der Waals surface area contributed by atoms with Gasteiger partial charge in [-0.15, -0.1) is 0 Å². The van der Waals surface area contributed by atoms with Crippen LogP contribution in [-0.4, -0.2) is 59.3 Å². The van der Waals surface area contributed by atoms with Gasteiger partial charge in [0, 0.05) is 39.3 Å². The maximum atomic E-state index is 5.29. The van der Waals surface area contributed by atoms with Crippen molar-refractivity contribution in [3.05, 3.63) is 23.9 Å². The quantitative estimate of drug-likeness (QED) is 0.776. The van der Waals surface area contributed by atoms with Crippen LogP contribution in [0.2, 0.25) is 0 Å². The number of piperazine rings is 1. The highest BCUT2D eigenvalue weighted by molar-refractivity contribution is 4.97. The lowest BCUT2D eigenvalue weighted by Crippen LogP contribution is -2.49. The van der Waals surface area contributed by atoms with E-state index in [1.165, 1.54) is 32.1 Å². The molecule has 1 aromatic rings. The topological polar surface area (TPSA) is 54.6 Å². The Hall–Kier alpha value is -1.24. The Morgan fingerprint density at radius 1 is 1.22 bits per heavy atom. The number of hydrogen-bond donors (Lipinski definition) is 0. The van der Waals surface area contributed by atoms with Gasteiger partial charge in [-0.05, 0) is 19.3 Å². The minimum absolute atomic E-state index is 0.408. The van der Waals surface area contributed by atoms with E-state index in [1.807, 2.05) is 0 Å². The van der Waals surface area contributed by atoms with Crippen molar-refractivity contribution in [2.24, 2.45) is 0 Å². The van der Waals surface area contributed by atoms with Crippen molar-refractivity contribution in [1.29, 1.82) is 0 Å². The Balaban J connectivity index is 1.46. The van der Waals surface area contributed by atoms with Gasteiger partial charge in [0.2, 0.25) is 5.89 Å². The summed E-state index contributed by atoms with van der Waals surface area (Å²) in [5, 5.41) is 3.92. The van der Waals surface area contributed by atoms with Crippen molar-refractivity contribution in [3.8, 4) is 0 Å². The van der Waals surface area contributed by atoms with E-state index in [-0.39, 0.29) is 0 Å². The highest BCUT2D eigenvalue weighted by Crippen LogP contribution is 2.18. The van der Waals surface area contributed by atoms with Gasteiger partial charge in [0.25, 0.3) is 0 Å². The normalized spacial score (nSPS) is 25.9. The average Bonchev–Trinajstić information content (AvgIpc) is 2.96. The molecule has 23 heavy (non-hydrogen) atoms. The summed E-state index contributed by atoms with van der Waals surface area (Å²) in [4.78, 5) is 9.38. The molecule has 0 aromatic carbocycles. The maximum absolute atomic E-state index is 5.29. The molecule has 0 amide bonds. The number of hydrogen-bond acceptors (Lipinski definition) is 6. The van der Waals surface area contributed by atoms with E-state index in [4.69, 9.17) is 9.26 Å². The highest BCUT2D eigenvalue weighted by atomic mass is 16.5. The van der Waals surface area contributed by atoms with Crippen LogP contribution in [0.25, 0.3) is 0 Å². The van der Waals surface area contributed by atoms with Gasteiger partial charge in [-0.2, -0.15) is 4.98 Å². The summed E-state index contributed by atoms with van der Waals surface area (Å²) < 4.78 is 10.3. The molecule has 3 rings (SSSR count). The zero-order valence-electron chi connectivity index (χ0n) is 14.1. The van der Waals surface area contributed by atoms with Crippen LogP contribution < -0.4 is 0 Å². The summed E-state index contributed by atoms with van der Waals surface area (Å²) in [5.74, 6) is 1.32. The van der Waals surface area contributed by atoms with E-state index in [1.54, 1.807) is 7.11 Å². The van der Waals surface area contributed by atoms with Gasteiger partial charge in [0.15, 0.2) is 5.82 Å². The van der Waals surface area contributed by atoms with Gasteiger partial charge in [-0.25, -0.2) is 0 Å². The van der Waals surface area contributed by atoms with Crippen molar-refractivity contribution >= 4 is 0 Å². The molecule has 0 saturated carbocycles. The van der Waals surface area contributed by atoms with Gasteiger partial charge in [-0.1, -0.05) is 30.2 Å². The molecule has 1 aliphatic heterocycles. The monoisotopic (exact) mass is 320 g/mol. The lowest BCUT2D eigenvalue weighted by Gasteiger charge is -2.38. The standard InChI is InChI=1S/C17H28N4O2/c1-22-14-16-18-17(23-19-16)13-20-9-11-21(12-10-20)15-7-5-3-2-4-6-8-15/h5,7,15H,2-4,6,8-14H2,1H3/b7-5-. The van der Waals surface area contributed by atoms with E-state index in [0.29, 0.717) is 24.4 Å². The second-order valence-corrected chi connectivity index (χ2v) is 6.48. The lowest BCUT2D eigenvalue weighted by molar-refractivity contribution is 0.0948. The number of allylic oxidation sites excluding steroid dienone is 1. The fourth-order valence-electron chi connectivity index (χ4n) is 3.43. The summed E-state index contributed by atoms with van der Waals surface area (Å²) in [6, 6.07) is 0.633. The maximum Gasteiger partial charge on any atom is 0.240 e. The van der Waals surface area contributed by atoms with E-state index in [2.05, 4.69) is 32.1 Å². The SMILES string of the molecule is COCc1noc(CN2CCN(C3/C=C\CCCCC3)CC2)n1. The predicted octanol–water partition coefficient (Wildman–Crippen LogP) is 2.22. The van der Waals surface area contributed by atoms with Crippen molar-refractivity contribution in [2.45, 2.75) is 51.3 Å². The Labute approximate surface area is 138 Å². The summed E-state index contributed by atoms with van der Waals surface area (Å²) in [5.41, 5.74) is 0. The van der Waals surface area contributed by atoms with E-state index >= 15 is 0 Å². The predicted molar refractivity (Wildman–Crippen MR) is 87.9 cm³/mol. The third-order valence-electron chi connectivity index (χ3n) is 4.75. The third-order valence-corrected chi connectivity index (χ3v) is 4.75. The molecule has 1 fully saturated rings. The Morgan fingerprint density at radius 2 is 2.09 bits per heavy atom. The van der Waals surface area contributed by atoms with Crippen LogP contribution in [-0.2, 0) is 17.9 Å². The van der Waals surface area contributed by atoms with Gasteiger partial charge >= 0.3 is 0 Å². The minimum atomic E-state index is 0.408. The molecule has 1 aliphatic carbocycles. The van der Waals surface area contributed by atoms with Crippen LogP contribution in [0.4, 0.5) is 0 Å². The molecule has 1 unspecified atom stereocenters. The first-order chi connectivity index (χ1) is 11.3. The van der Waals surface area contributed by atoms with E-state index in [9.17, 15) is 0 Å². The molecule has 128 valence electrons. The summed E-state index contributed by atoms with van der Waals surface area (Å²) in [6.45, 7) is 5.51. The molecular formula is C17H28N4O2. The summed E-state index contributed by atoms with van der Waals surface area (Å²) in [7, 11) is 1.64. The summed E-state index contributed by atoms with van der Waals surface area (Å²) in [6.07, 6.45) is 11.5. The highest BCUT2D eigenvalue weighted by Gasteiger charge is 2.23. The van der Waals surface area contributed by atoms with Crippen molar-refractivity contribution < 1.29 is 9.26 Å². The molecule has 2 heterocycles. The fraction of sp³-hybridized carbons (Fsp3) is 0.765. The number of methoxy groups -OCH3 is 1. The molecule has 1 atom stereocenters. The van der Waals surface area contributed by atoms with Gasteiger partial charge in [0.05, 0.1) is 6.54 Å². The number of rotatable bonds is 5. The van der Waals surface area contributed by atoms with Crippen LogP contribution >= 0.6 is 0 Å². The molecule has 1 saturated heterocycles. The first kappa shape index (κ1) is 16.6. The number of ether oxygens (including phenoxy) is 1. The van der Waals surface area contributed by atoms with Gasteiger partial charge < -0.3 is 9.26 Å². The second-order valence-electron chi connectivity index (χ2n) is 6.48. The smallest absolute Gasteiger partial charge is 0.240 e. The first-order valence-electron chi connectivity index (χ1n) is 8.78. The Bertz CT molecular complexity index is 495. The van der Waals surface area contributed by atoms with E-state index < -0.39 is 0 Å². The minimum Gasteiger partial charge on any atom is -0.377 e. The molecular weight excluding hydrogens is 292 g/mol. The lowest BCUT2D eigenvalue weighted by atomic mass is 10.0. The van der Waals surface area contributed by atoms with Gasteiger partial charge in [-0.3, -0.25) is 9.80 Å². The van der Waals surface area contributed by atoms with Crippen LogP contribution in [0.3, 0.4) is 0 Å². The fourth-order valence-corrected chi connectivity index (χ4v) is 3.43. The summed E-state index contributed by atoms with van der Waals surface area (Å²) >= 11 is 0. The molecule has 0 bridgehead atoms. The molecule has 6 heteroatoms.